The zero-order valence-electron chi connectivity index (χ0n) is 11.1. The Morgan fingerprint density at radius 3 is 2.64 bits per heavy atom. The smallest absolute Gasteiger partial charge is 0.358 e. The number of anilines is 2. The normalized spacial score (nSPS) is 10.6. The number of hydrogen-bond acceptors (Lipinski definition) is 5. The van der Waals surface area contributed by atoms with Crippen molar-refractivity contribution in [3.05, 3.63) is 53.2 Å². The molecule has 6 nitrogen and oxygen atoms in total. The van der Waals surface area contributed by atoms with E-state index in [1.807, 2.05) is 0 Å². The van der Waals surface area contributed by atoms with Crippen molar-refractivity contribution >= 4 is 40.1 Å². The molecule has 110 valence electrons. The zero-order valence-corrected chi connectivity index (χ0v) is 11.9. The van der Waals surface area contributed by atoms with Crippen molar-refractivity contribution in [2.75, 3.05) is 5.32 Å². The molecule has 0 atom stereocenters. The van der Waals surface area contributed by atoms with Gasteiger partial charge in [-0.25, -0.2) is 14.8 Å². The molecule has 22 heavy (non-hydrogen) atoms. The molecule has 0 saturated carbocycles. The number of carboxylic acid groups (broad SMARTS) is 1. The van der Waals surface area contributed by atoms with Gasteiger partial charge in [-0.3, -0.25) is 0 Å². The molecule has 0 radical (unpaired) electrons. The standard InChI is InChI=1S/C15H10ClN3O3/c16-8-4-5-11-12(6-8)19-14(13(18-11)15(21)22)17-9-2-1-3-10(20)7-9/h1-7,20H,(H,17,19)(H,21,22). The first-order chi connectivity index (χ1) is 10.5. The number of aromatic carboxylic acids is 1. The van der Waals surface area contributed by atoms with Gasteiger partial charge in [-0.1, -0.05) is 17.7 Å². The Morgan fingerprint density at radius 1 is 1.09 bits per heavy atom. The second kappa shape index (κ2) is 5.50. The fourth-order valence-corrected chi connectivity index (χ4v) is 2.15. The van der Waals surface area contributed by atoms with E-state index in [0.717, 1.165) is 0 Å². The summed E-state index contributed by atoms with van der Waals surface area (Å²) in [5.41, 5.74) is 1.19. The van der Waals surface area contributed by atoms with Crippen LogP contribution in [0.3, 0.4) is 0 Å². The number of hydrogen-bond donors (Lipinski definition) is 3. The molecular weight excluding hydrogens is 306 g/mol. The minimum absolute atomic E-state index is 0.0543. The van der Waals surface area contributed by atoms with Crippen LogP contribution in [-0.4, -0.2) is 26.2 Å². The molecule has 1 heterocycles. The third-order valence-corrected chi connectivity index (χ3v) is 3.17. The number of benzene rings is 2. The lowest BCUT2D eigenvalue weighted by Gasteiger charge is -2.10. The van der Waals surface area contributed by atoms with Gasteiger partial charge < -0.3 is 15.5 Å². The summed E-state index contributed by atoms with van der Waals surface area (Å²) < 4.78 is 0. The van der Waals surface area contributed by atoms with E-state index in [0.29, 0.717) is 21.7 Å². The van der Waals surface area contributed by atoms with Crippen molar-refractivity contribution in [1.29, 1.82) is 0 Å². The number of nitrogens with one attached hydrogen (secondary N) is 1. The quantitative estimate of drug-likeness (QED) is 0.685. The van der Waals surface area contributed by atoms with Crippen LogP contribution in [0, 0.1) is 0 Å². The Bertz CT molecular complexity index is 883. The number of fused-ring (bicyclic) bond motifs is 1. The molecule has 0 spiro atoms. The van der Waals surface area contributed by atoms with Gasteiger partial charge in [-0.2, -0.15) is 0 Å². The number of carboxylic acids is 1. The van der Waals surface area contributed by atoms with Crippen LogP contribution in [-0.2, 0) is 0 Å². The third kappa shape index (κ3) is 2.77. The van der Waals surface area contributed by atoms with Crippen LogP contribution in [0.2, 0.25) is 5.02 Å². The average molecular weight is 316 g/mol. The van der Waals surface area contributed by atoms with Gasteiger partial charge in [0.1, 0.15) is 5.75 Å². The highest BCUT2D eigenvalue weighted by Crippen LogP contribution is 2.24. The highest BCUT2D eigenvalue weighted by Gasteiger charge is 2.16. The molecule has 3 aromatic rings. The fraction of sp³-hybridized carbons (Fsp3) is 0. The summed E-state index contributed by atoms with van der Waals surface area (Å²) in [5, 5.41) is 22.1. The van der Waals surface area contributed by atoms with Crippen LogP contribution in [0.5, 0.6) is 5.75 Å². The van der Waals surface area contributed by atoms with E-state index in [1.54, 1.807) is 30.3 Å². The lowest BCUT2D eigenvalue weighted by molar-refractivity contribution is 0.0692. The Balaban J connectivity index is 2.13. The van der Waals surface area contributed by atoms with Gasteiger partial charge in [0.2, 0.25) is 0 Å². The predicted molar refractivity (Wildman–Crippen MR) is 82.9 cm³/mol. The molecule has 0 aliphatic carbocycles. The zero-order chi connectivity index (χ0) is 15.7. The molecule has 2 aromatic carbocycles. The maximum Gasteiger partial charge on any atom is 0.358 e. The van der Waals surface area contributed by atoms with E-state index in [9.17, 15) is 15.0 Å². The highest BCUT2D eigenvalue weighted by atomic mass is 35.5. The number of carbonyl (C=O) groups is 1. The van der Waals surface area contributed by atoms with Gasteiger partial charge in [0, 0.05) is 16.8 Å². The molecule has 0 bridgehead atoms. The summed E-state index contributed by atoms with van der Waals surface area (Å²) in [4.78, 5) is 19.7. The van der Waals surface area contributed by atoms with Gasteiger partial charge in [-0.15, -0.1) is 0 Å². The van der Waals surface area contributed by atoms with Crippen LogP contribution in [0.15, 0.2) is 42.5 Å². The van der Waals surface area contributed by atoms with E-state index in [-0.39, 0.29) is 17.3 Å². The van der Waals surface area contributed by atoms with E-state index >= 15 is 0 Å². The highest BCUT2D eigenvalue weighted by molar-refractivity contribution is 6.31. The number of aromatic hydroxyl groups is 1. The second-order valence-electron chi connectivity index (χ2n) is 4.53. The number of aromatic nitrogens is 2. The predicted octanol–water partition coefficient (Wildman–Crippen LogP) is 3.43. The lowest BCUT2D eigenvalue weighted by Crippen LogP contribution is -2.08. The first-order valence-electron chi connectivity index (χ1n) is 6.29. The van der Waals surface area contributed by atoms with Gasteiger partial charge in [0.05, 0.1) is 11.0 Å². The van der Waals surface area contributed by atoms with Gasteiger partial charge in [-0.05, 0) is 30.3 Å². The van der Waals surface area contributed by atoms with E-state index in [1.165, 1.54) is 12.1 Å². The van der Waals surface area contributed by atoms with E-state index < -0.39 is 5.97 Å². The third-order valence-electron chi connectivity index (χ3n) is 2.94. The van der Waals surface area contributed by atoms with Crippen LogP contribution in [0.25, 0.3) is 11.0 Å². The molecule has 0 unspecified atom stereocenters. The summed E-state index contributed by atoms with van der Waals surface area (Å²) in [6.07, 6.45) is 0. The lowest BCUT2D eigenvalue weighted by atomic mass is 10.2. The molecule has 3 N–H and O–H groups in total. The Hall–Kier alpha value is -2.86. The van der Waals surface area contributed by atoms with E-state index in [4.69, 9.17) is 11.6 Å². The van der Waals surface area contributed by atoms with Crippen molar-refractivity contribution in [2.24, 2.45) is 0 Å². The van der Waals surface area contributed by atoms with Crippen molar-refractivity contribution in [1.82, 2.24) is 9.97 Å². The number of nitrogens with zero attached hydrogens (tertiary/aromatic N) is 2. The summed E-state index contributed by atoms with van der Waals surface area (Å²) in [7, 11) is 0. The average Bonchev–Trinajstić information content (AvgIpc) is 2.46. The topological polar surface area (TPSA) is 95.3 Å². The van der Waals surface area contributed by atoms with Crippen LogP contribution in [0.4, 0.5) is 11.5 Å². The van der Waals surface area contributed by atoms with Crippen molar-refractivity contribution in [2.45, 2.75) is 0 Å². The Morgan fingerprint density at radius 2 is 1.91 bits per heavy atom. The van der Waals surface area contributed by atoms with Crippen LogP contribution >= 0.6 is 11.6 Å². The summed E-state index contributed by atoms with van der Waals surface area (Å²) in [6, 6.07) is 11.1. The number of phenols is 1. The maximum atomic E-state index is 11.4. The first-order valence-corrected chi connectivity index (χ1v) is 6.67. The summed E-state index contributed by atoms with van der Waals surface area (Å²) in [5.74, 6) is -1.07. The van der Waals surface area contributed by atoms with Crippen molar-refractivity contribution < 1.29 is 15.0 Å². The second-order valence-corrected chi connectivity index (χ2v) is 4.97. The first kappa shape index (κ1) is 14.1. The molecule has 0 amide bonds. The molecule has 3 rings (SSSR count). The molecule has 0 aliphatic heterocycles. The Kier molecular flexibility index (Phi) is 3.52. The maximum absolute atomic E-state index is 11.4. The molecule has 0 fully saturated rings. The van der Waals surface area contributed by atoms with Gasteiger partial charge in [0.25, 0.3) is 0 Å². The summed E-state index contributed by atoms with van der Waals surface area (Å²) >= 11 is 5.92. The van der Waals surface area contributed by atoms with E-state index in [2.05, 4.69) is 15.3 Å². The summed E-state index contributed by atoms with van der Waals surface area (Å²) in [6.45, 7) is 0. The molecule has 1 aromatic heterocycles. The van der Waals surface area contributed by atoms with Crippen molar-refractivity contribution in [3.8, 4) is 5.75 Å². The monoisotopic (exact) mass is 315 g/mol. The van der Waals surface area contributed by atoms with Crippen molar-refractivity contribution in [3.63, 3.8) is 0 Å². The largest absolute Gasteiger partial charge is 0.508 e. The minimum Gasteiger partial charge on any atom is -0.508 e. The van der Waals surface area contributed by atoms with Crippen LogP contribution < -0.4 is 5.32 Å². The van der Waals surface area contributed by atoms with Crippen LogP contribution in [0.1, 0.15) is 10.5 Å². The van der Waals surface area contributed by atoms with Gasteiger partial charge in [0.15, 0.2) is 11.5 Å². The Labute approximate surface area is 130 Å². The molecular formula is C15H10ClN3O3. The van der Waals surface area contributed by atoms with Gasteiger partial charge >= 0.3 is 5.97 Å². The fourth-order valence-electron chi connectivity index (χ4n) is 1.98. The number of rotatable bonds is 3. The molecule has 0 saturated heterocycles. The molecule has 7 heteroatoms. The number of halogens is 1. The SMILES string of the molecule is O=C(O)c1nc2ccc(Cl)cc2nc1Nc1cccc(O)c1. The number of phenolic OH excluding ortho intramolecular Hbond substituents is 1. The molecule has 0 aliphatic rings. The minimum atomic E-state index is -1.20.